The maximum atomic E-state index is 16.7. The third-order valence-corrected chi connectivity index (χ3v) is 21.4. The summed E-state index contributed by atoms with van der Waals surface area (Å²) < 4.78 is 42.2. The Morgan fingerprint density at radius 2 is 0.559 bits per heavy atom. The van der Waals surface area contributed by atoms with Gasteiger partial charge >= 0.3 is 11.9 Å². The molecule has 2 heterocycles. The van der Waals surface area contributed by atoms with Gasteiger partial charge in [-0.25, -0.2) is 9.59 Å². The number of hydrogen-bond acceptors (Lipinski definition) is 12. The number of fused-ring (bicyclic) bond motifs is 2. The minimum atomic E-state index is -1.40. The molecule has 4 amide bonds. The van der Waals surface area contributed by atoms with Gasteiger partial charge in [-0.3, -0.25) is 29.0 Å². The van der Waals surface area contributed by atoms with Gasteiger partial charge in [-0.05, 0) is 221 Å². The molecule has 0 spiro atoms. The molecule has 4 atom stereocenters. The van der Waals surface area contributed by atoms with Crippen LogP contribution in [0.1, 0.15) is 164 Å². The molecule has 0 radical (unpaired) electrons. The van der Waals surface area contributed by atoms with Gasteiger partial charge in [0.15, 0.2) is 0 Å². The fraction of sp³-hybridized carbons (Fsp3) is 0.295. The average Bonchev–Trinajstić information content (AvgIpc) is 0.654. The second kappa shape index (κ2) is 26.9. The van der Waals surface area contributed by atoms with E-state index in [0.717, 1.165) is 119 Å². The first-order valence-corrected chi connectivity index (χ1v) is 35.8. The summed E-state index contributed by atoms with van der Waals surface area (Å²) in [5.74, 6) is -2.95. The van der Waals surface area contributed by atoms with Crippen molar-refractivity contribution in [3.8, 4) is 57.5 Å². The third-order valence-electron chi connectivity index (χ3n) is 21.4. The molecular formula is C88H82N2O12. The van der Waals surface area contributed by atoms with E-state index in [1.807, 2.05) is 154 Å². The van der Waals surface area contributed by atoms with E-state index in [1.165, 1.54) is 0 Å². The van der Waals surface area contributed by atoms with Crippen LogP contribution in [-0.4, -0.2) is 57.5 Å². The van der Waals surface area contributed by atoms with Crippen LogP contribution in [0.15, 0.2) is 158 Å². The van der Waals surface area contributed by atoms with Crippen molar-refractivity contribution < 1.29 is 57.2 Å². The highest BCUT2D eigenvalue weighted by Crippen LogP contribution is 2.59. The van der Waals surface area contributed by atoms with Crippen molar-refractivity contribution in [3.63, 3.8) is 0 Å². The molecule has 14 heteroatoms. The average molecular weight is 1360 g/mol. The number of benzene rings is 11. The standard InChI is InChI=1S/C88H82N2O12/c1-47-31-48(2)36-61(35-47)97-69-43-65-73-66(84(92)89(83(65)91)81(55(9)57-23-15-11-16-24-57)87(95)101-59-27-19-13-20-28-59)45-71(99-63-39-51(5)33-52(6)40-63)77-78-72(100-64-41-53(7)34-54(8)42-64)46-68-74-67(44-70(76(80(74)78)75(69)79(73)77)98-62-37-49(3)32-50(4)38-62)85(93)90(86(68)94)82(56(10)58-25-17-12-18-26-58)88(96)102-60-29-21-14-22-30-60/h13-14,19-22,27-46,55-58,81-82H,11-12,15-18,23-26H2,1-10H3. The predicted molar refractivity (Wildman–Crippen MR) is 396 cm³/mol. The minimum absolute atomic E-state index is 0.0405. The normalized spacial score (nSPS) is 16.2. The summed E-state index contributed by atoms with van der Waals surface area (Å²) in [5, 5.41) is 2.48. The van der Waals surface area contributed by atoms with Crippen LogP contribution in [0.25, 0.3) is 43.1 Å². The molecule has 4 aliphatic rings. The Morgan fingerprint density at radius 1 is 0.314 bits per heavy atom. The lowest BCUT2D eigenvalue weighted by atomic mass is 9.76. The summed E-state index contributed by atoms with van der Waals surface area (Å²) in [6, 6.07) is 44.5. The quantitative estimate of drug-likeness (QED) is 0.0263. The number of ether oxygens (including phenoxy) is 6. The van der Waals surface area contributed by atoms with E-state index < -0.39 is 59.5 Å². The van der Waals surface area contributed by atoms with E-state index in [2.05, 4.69) is 0 Å². The number of rotatable bonds is 18. The number of nitrogens with zero attached hydrogens (tertiary/aromatic N) is 2. The minimum Gasteiger partial charge on any atom is -0.457 e. The summed E-state index contributed by atoms with van der Waals surface area (Å²) in [5.41, 5.74) is 7.32. The van der Waals surface area contributed by atoms with E-state index in [-0.39, 0.29) is 79.4 Å². The Hall–Kier alpha value is -10.9. The second-order valence-electron chi connectivity index (χ2n) is 29.2. The first-order chi connectivity index (χ1) is 49.1. The number of esters is 2. The number of para-hydroxylation sites is 2. The van der Waals surface area contributed by atoms with Gasteiger partial charge in [-0.1, -0.05) is 139 Å². The molecule has 15 rings (SSSR count). The Labute approximate surface area is 593 Å². The van der Waals surface area contributed by atoms with Crippen LogP contribution >= 0.6 is 0 Å². The van der Waals surface area contributed by atoms with Gasteiger partial charge in [0.1, 0.15) is 69.6 Å². The smallest absolute Gasteiger partial charge is 0.335 e. The molecule has 2 fully saturated rings. The molecule has 14 nitrogen and oxygen atoms in total. The van der Waals surface area contributed by atoms with Crippen LogP contribution in [0.2, 0.25) is 0 Å². The molecule has 0 bridgehead atoms. The summed E-state index contributed by atoms with van der Waals surface area (Å²) in [6.07, 6.45) is 8.91. The van der Waals surface area contributed by atoms with E-state index in [4.69, 9.17) is 28.4 Å². The third kappa shape index (κ3) is 12.3. The fourth-order valence-corrected chi connectivity index (χ4v) is 17.1. The molecule has 102 heavy (non-hydrogen) atoms. The molecule has 0 N–H and O–H groups in total. The molecule has 11 aromatic rings. The maximum absolute atomic E-state index is 16.7. The SMILES string of the molecule is Cc1cc(C)cc(Oc2cc3c4c(cc(Oc5cc(C)cc(C)c5)c5c6c(Oc7cc(C)cc(C)c7)cc7c8c(cc(Oc9cc(C)cc(C)c9)c(c2c45)c86)C(=O)N(C(C(=O)Oc2ccccc2)C(C)C2CCCCC2)C7=O)C(=O)N(C(C(=O)Oc2ccccc2)C(C)C2CCCCC2)C3=O)c1. The summed E-state index contributed by atoms with van der Waals surface area (Å²) >= 11 is 0. The van der Waals surface area contributed by atoms with Gasteiger partial charge in [-0.2, -0.15) is 0 Å². The topological polar surface area (TPSA) is 164 Å². The van der Waals surface area contributed by atoms with Crippen LogP contribution < -0.4 is 28.4 Å². The summed E-state index contributed by atoms with van der Waals surface area (Å²) in [7, 11) is 0. The lowest BCUT2D eigenvalue weighted by molar-refractivity contribution is -0.142. The van der Waals surface area contributed by atoms with Crippen molar-refractivity contribution in [2.24, 2.45) is 23.7 Å². The predicted octanol–water partition coefficient (Wildman–Crippen LogP) is 20.9. The zero-order valence-electron chi connectivity index (χ0n) is 59.3. The van der Waals surface area contributed by atoms with Crippen molar-refractivity contribution in [1.82, 2.24) is 9.80 Å². The first-order valence-electron chi connectivity index (χ1n) is 35.8. The zero-order chi connectivity index (χ0) is 71.1. The van der Waals surface area contributed by atoms with Crippen molar-refractivity contribution >= 4 is 78.7 Å². The number of carbonyl (C=O) groups is 6. The van der Waals surface area contributed by atoms with Crippen molar-refractivity contribution in [1.29, 1.82) is 0 Å². The van der Waals surface area contributed by atoms with E-state index in [9.17, 15) is 0 Å². The number of amides is 4. The van der Waals surface area contributed by atoms with Gasteiger partial charge in [0.2, 0.25) is 0 Å². The highest BCUT2D eigenvalue weighted by Gasteiger charge is 2.50. The van der Waals surface area contributed by atoms with E-state index in [1.54, 1.807) is 72.8 Å². The van der Waals surface area contributed by atoms with E-state index >= 15 is 28.8 Å². The molecule has 0 saturated heterocycles. The van der Waals surface area contributed by atoms with E-state index in [0.29, 0.717) is 55.3 Å². The number of aryl methyl sites for hydroxylation is 8. The molecule has 4 unspecified atom stereocenters. The summed E-state index contributed by atoms with van der Waals surface area (Å²) in [4.78, 5) is 99.9. The van der Waals surface area contributed by atoms with Crippen molar-refractivity contribution in [3.05, 3.63) is 224 Å². The van der Waals surface area contributed by atoms with Crippen LogP contribution in [-0.2, 0) is 9.59 Å². The largest absolute Gasteiger partial charge is 0.457 e. The summed E-state index contributed by atoms with van der Waals surface area (Å²) in [6.45, 7) is 19.6. The Morgan fingerprint density at radius 3 is 0.804 bits per heavy atom. The second-order valence-corrected chi connectivity index (χ2v) is 29.2. The van der Waals surface area contributed by atoms with Gasteiger partial charge < -0.3 is 28.4 Å². The molecule has 11 aromatic carbocycles. The highest BCUT2D eigenvalue weighted by molar-refractivity contribution is 6.45. The highest BCUT2D eigenvalue weighted by atomic mass is 16.5. The first kappa shape index (κ1) is 67.0. The number of imide groups is 2. The van der Waals surface area contributed by atoms with Crippen molar-refractivity contribution in [2.45, 2.75) is 146 Å². The fourth-order valence-electron chi connectivity index (χ4n) is 17.1. The van der Waals surface area contributed by atoms with Gasteiger partial charge in [-0.15, -0.1) is 0 Å². The number of hydrogen-bond donors (Lipinski definition) is 0. The van der Waals surface area contributed by atoms with Crippen LogP contribution in [0, 0.1) is 79.1 Å². The molecule has 2 aliphatic carbocycles. The van der Waals surface area contributed by atoms with Gasteiger partial charge in [0, 0.05) is 43.1 Å². The maximum Gasteiger partial charge on any atom is 0.335 e. The zero-order valence-corrected chi connectivity index (χ0v) is 59.3. The number of carbonyl (C=O) groups excluding carboxylic acids is 6. The molecule has 516 valence electrons. The molecule has 0 aromatic heterocycles. The molecule has 2 saturated carbocycles. The molecular weight excluding hydrogens is 1280 g/mol. The Kier molecular flexibility index (Phi) is 17.7. The molecule has 2 aliphatic heterocycles. The Bertz CT molecular complexity index is 4620. The van der Waals surface area contributed by atoms with Crippen LogP contribution in [0.3, 0.4) is 0 Å². The van der Waals surface area contributed by atoms with Gasteiger partial charge in [0.25, 0.3) is 23.6 Å². The lowest BCUT2D eigenvalue weighted by Crippen LogP contribution is -2.56. The monoisotopic (exact) mass is 1360 g/mol. The lowest BCUT2D eigenvalue weighted by Gasteiger charge is -2.40. The van der Waals surface area contributed by atoms with Crippen LogP contribution in [0.5, 0.6) is 57.5 Å². The van der Waals surface area contributed by atoms with Crippen molar-refractivity contribution in [2.75, 3.05) is 0 Å². The van der Waals surface area contributed by atoms with Gasteiger partial charge in [0.05, 0.1) is 22.3 Å². The Balaban J connectivity index is 1.10. The van der Waals surface area contributed by atoms with Crippen LogP contribution in [0.4, 0.5) is 0 Å².